The molecule has 0 amide bonds. The zero-order valence-electron chi connectivity index (χ0n) is 13.5. The molecule has 0 aliphatic rings. The minimum Gasteiger partial charge on any atom is -0.380 e. The van der Waals surface area contributed by atoms with Crippen LogP contribution in [0.4, 0.5) is 0 Å². The predicted molar refractivity (Wildman–Crippen MR) is 80.4 cm³/mol. The van der Waals surface area contributed by atoms with Gasteiger partial charge >= 0.3 is 0 Å². The maximum absolute atomic E-state index is 5.67. The van der Waals surface area contributed by atoms with Crippen LogP contribution >= 0.6 is 0 Å². The second-order valence-corrected chi connectivity index (χ2v) is 7.49. The van der Waals surface area contributed by atoms with Crippen molar-refractivity contribution in [1.82, 2.24) is 9.78 Å². The van der Waals surface area contributed by atoms with Gasteiger partial charge in [-0.05, 0) is 24.3 Å². The van der Waals surface area contributed by atoms with E-state index in [0.717, 1.165) is 31.9 Å². The van der Waals surface area contributed by atoms with Gasteiger partial charge in [0.15, 0.2) is 0 Å². The maximum Gasteiger partial charge on any atom is 0.0677 e. The summed E-state index contributed by atoms with van der Waals surface area (Å²) >= 11 is 0. The van der Waals surface area contributed by atoms with E-state index in [1.807, 2.05) is 10.9 Å². The van der Waals surface area contributed by atoms with Crippen LogP contribution in [-0.2, 0) is 16.7 Å². The summed E-state index contributed by atoms with van der Waals surface area (Å²) in [7, 11) is 0. The fourth-order valence-corrected chi connectivity index (χ4v) is 1.85. The Labute approximate surface area is 118 Å². The average molecular weight is 266 g/mol. The molecule has 0 saturated heterocycles. The van der Waals surface area contributed by atoms with Crippen LogP contribution in [0.15, 0.2) is 12.3 Å². The van der Waals surface area contributed by atoms with Gasteiger partial charge in [-0.3, -0.25) is 4.68 Å². The van der Waals surface area contributed by atoms with E-state index in [0.29, 0.717) is 5.41 Å². The summed E-state index contributed by atoms with van der Waals surface area (Å²) in [4.78, 5) is 0. The molecular formula is C16H30N2O. The molecule has 0 N–H and O–H groups in total. The van der Waals surface area contributed by atoms with Gasteiger partial charge < -0.3 is 4.74 Å². The first-order valence-electron chi connectivity index (χ1n) is 7.30. The monoisotopic (exact) mass is 266 g/mol. The molecule has 0 aliphatic carbocycles. The number of hydrogen-bond acceptors (Lipinski definition) is 2. The fourth-order valence-electron chi connectivity index (χ4n) is 1.85. The van der Waals surface area contributed by atoms with Crippen molar-refractivity contribution in [3.8, 4) is 0 Å². The summed E-state index contributed by atoms with van der Waals surface area (Å²) in [6, 6.07) is 2.10. The Bertz CT molecular complexity index is 369. The zero-order chi connectivity index (χ0) is 14.5. The van der Waals surface area contributed by atoms with E-state index in [9.17, 15) is 0 Å². The van der Waals surface area contributed by atoms with Gasteiger partial charge in [-0.15, -0.1) is 0 Å². The van der Waals surface area contributed by atoms with E-state index in [1.165, 1.54) is 6.42 Å². The van der Waals surface area contributed by atoms with E-state index in [2.05, 4.69) is 52.7 Å². The third-order valence-electron chi connectivity index (χ3n) is 3.09. The highest BCUT2D eigenvalue weighted by Gasteiger charge is 2.16. The van der Waals surface area contributed by atoms with Crippen LogP contribution < -0.4 is 0 Å². The normalized spacial score (nSPS) is 12.9. The number of aromatic nitrogens is 2. The highest BCUT2D eigenvalue weighted by atomic mass is 16.5. The van der Waals surface area contributed by atoms with Crippen molar-refractivity contribution >= 4 is 0 Å². The molecule has 1 heterocycles. The molecule has 0 aliphatic heterocycles. The first kappa shape index (κ1) is 16.2. The smallest absolute Gasteiger partial charge is 0.0677 e. The highest BCUT2D eigenvalue weighted by molar-refractivity contribution is 5.10. The Hall–Kier alpha value is -0.830. The lowest BCUT2D eigenvalue weighted by Gasteiger charge is -2.17. The Morgan fingerprint density at radius 3 is 2.32 bits per heavy atom. The second kappa shape index (κ2) is 6.56. The molecule has 0 radical (unpaired) electrons. The number of ether oxygens (including phenoxy) is 1. The van der Waals surface area contributed by atoms with Gasteiger partial charge in [-0.25, -0.2) is 0 Å². The summed E-state index contributed by atoms with van der Waals surface area (Å²) in [6.45, 7) is 15.8. The first-order chi connectivity index (χ1) is 8.68. The molecule has 0 fully saturated rings. The second-order valence-electron chi connectivity index (χ2n) is 7.49. The van der Waals surface area contributed by atoms with Crippen LogP contribution in [0.1, 0.15) is 60.1 Å². The SMILES string of the molecule is CC(C)(C)CCCOCCn1ccc(C(C)(C)C)n1. The van der Waals surface area contributed by atoms with Gasteiger partial charge in [-0.2, -0.15) is 5.10 Å². The molecule has 3 heteroatoms. The molecule has 0 saturated carbocycles. The lowest BCUT2D eigenvalue weighted by Crippen LogP contribution is -2.14. The molecule has 3 nitrogen and oxygen atoms in total. The fraction of sp³-hybridized carbons (Fsp3) is 0.812. The highest BCUT2D eigenvalue weighted by Crippen LogP contribution is 2.20. The van der Waals surface area contributed by atoms with Crippen molar-refractivity contribution in [3.63, 3.8) is 0 Å². The molecule has 0 aromatic carbocycles. The van der Waals surface area contributed by atoms with Crippen LogP contribution in [-0.4, -0.2) is 23.0 Å². The molecule has 0 atom stereocenters. The maximum atomic E-state index is 5.67. The molecule has 1 aromatic rings. The van der Waals surface area contributed by atoms with Crippen LogP contribution in [0.3, 0.4) is 0 Å². The summed E-state index contributed by atoms with van der Waals surface area (Å²) in [5.41, 5.74) is 1.67. The Balaban J connectivity index is 2.18. The Morgan fingerprint density at radius 2 is 1.79 bits per heavy atom. The molecule has 0 spiro atoms. The standard InChI is InChI=1S/C16H30N2O/c1-15(2,3)9-7-12-19-13-11-18-10-8-14(17-18)16(4,5)6/h8,10H,7,9,11-13H2,1-6H3. The van der Waals surface area contributed by atoms with Gasteiger partial charge in [0.2, 0.25) is 0 Å². The largest absolute Gasteiger partial charge is 0.380 e. The van der Waals surface area contributed by atoms with Crippen LogP contribution in [0, 0.1) is 5.41 Å². The molecule has 19 heavy (non-hydrogen) atoms. The van der Waals surface area contributed by atoms with Crippen LogP contribution in [0.2, 0.25) is 0 Å². The summed E-state index contributed by atoms with van der Waals surface area (Å²) in [6.07, 6.45) is 4.39. The molecule has 1 rings (SSSR count). The number of hydrogen-bond donors (Lipinski definition) is 0. The van der Waals surface area contributed by atoms with Crippen molar-refractivity contribution in [2.24, 2.45) is 5.41 Å². The average Bonchev–Trinajstić information content (AvgIpc) is 2.69. The molecule has 110 valence electrons. The van der Waals surface area contributed by atoms with Gasteiger partial charge in [0.1, 0.15) is 0 Å². The topological polar surface area (TPSA) is 27.1 Å². The number of rotatable bonds is 6. The quantitative estimate of drug-likeness (QED) is 0.727. The molecule has 0 unspecified atom stereocenters. The molecular weight excluding hydrogens is 236 g/mol. The van der Waals surface area contributed by atoms with Crippen molar-refractivity contribution in [3.05, 3.63) is 18.0 Å². The third-order valence-corrected chi connectivity index (χ3v) is 3.09. The van der Waals surface area contributed by atoms with Crippen molar-refractivity contribution in [2.75, 3.05) is 13.2 Å². The van der Waals surface area contributed by atoms with Crippen LogP contribution in [0.5, 0.6) is 0 Å². The Kier molecular flexibility index (Phi) is 5.60. The van der Waals surface area contributed by atoms with Crippen molar-refractivity contribution in [1.29, 1.82) is 0 Å². The van der Waals surface area contributed by atoms with Gasteiger partial charge in [0.25, 0.3) is 0 Å². The first-order valence-corrected chi connectivity index (χ1v) is 7.30. The van der Waals surface area contributed by atoms with E-state index >= 15 is 0 Å². The van der Waals surface area contributed by atoms with E-state index in [1.54, 1.807) is 0 Å². The van der Waals surface area contributed by atoms with E-state index in [4.69, 9.17) is 4.74 Å². The predicted octanol–water partition coefficient (Wildman–Crippen LogP) is 4.02. The summed E-state index contributed by atoms with van der Waals surface area (Å²) in [5.74, 6) is 0. The van der Waals surface area contributed by atoms with E-state index in [-0.39, 0.29) is 5.41 Å². The van der Waals surface area contributed by atoms with Crippen molar-refractivity contribution in [2.45, 2.75) is 66.3 Å². The van der Waals surface area contributed by atoms with Gasteiger partial charge in [0, 0.05) is 18.2 Å². The molecule has 1 aromatic heterocycles. The van der Waals surface area contributed by atoms with Crippen LogP contribution in [0.25, 0.3) is 0 Å². The Morgan fingerprint density at radius 1 is 1.11 bits per heavy atom. The summed E-state index contributed by atoms with van der Waals surface area (Å²) < 4.78 is 7.64. The third kappa shape index (κ3) is 6.76. The summed E-state index contributed by atoms with van der Waals surface area (Å²) in [5, 5.41) is 4.58. The van der Waals surface area contributed by atoms with E-state index < -0.39 is 0 Å². The minimum absolute atomic E-state index is 0.124. The lowest BCUT2D eigenvalue weighted by molar-refractivity contribution is 0.113. The van der Waals surface area contributed by atoms with Gasteiger partial charge in [0.05, 0.1) is 18.8 Å². The molecule has 0 bridgehead atoms. The van der Waals surface area contributed by atoms with Gasteiger partial charge in [-0.1, -0.05) is 41.5 Å². The lowest BCUT2D eigenvalue weighted by atomic mass is 9.91. The zero-order valence-corrected chi connectivity index (χ0v) is 13.5. The van der Waals surface area contributed by atoms with Crippen molar-refractivity contribution < 1.29 is 4.74 Å². The number of nitrogens with zero attached hydrogens (tertiary/aromatic N) is 2. The minimum atomic E-state index is 0.124.